The van der Waals surface area contributed by atoms with Gasteiger partial charge in [-0.15, -0.1) is 0 Å². The maximum Gasteiger partial charge on any atom is 2.00 e. The minimum absolute atomic E-state index is 0. The van der Waals surface area contributed by atoms with Crippen molar-refractivity contribution >= 4 is 73.6 Å². The van der Waals surface area contributed by atoms with Gasteiger partial charge in [0, 0.05) is 0 Å². The Kier molecular flexibility index (Phi) is 22.6. The monoisotopic (exact) mass is 690 g/mol. The van der Waals surface area contributed by atoms with Crippen LogP contribution in [0.2, 0.25) is 26.2 Å². The van der Waals surface area contributed by atoms with Crippen molar-refractivity contribution < 1.29 is 80.1 Å². The molecule has 0 unspecified atom stereocenters. The molecule has 1 aliphatic heterocycles. The topological polar surface area (TPSA) is 170 Å². The van der Waals surface area contributed by atoms with E-state index in [0.717, 1.165) is 0 Å². The van der Waals surface area contributed by atoms with E-state index in [4.69, 9.17) is 53.7 Å². The second kappa shape index (κ2) is 19.9. The summed E-state index contributed by atoms with van der Waals surface area (Å²) < 4.78 is 152. The van der Waals surface area contributed by atoms with E-state index in [-0.39, 0.29) is 37.7 Å². The predicted octanol–water partition coefficient (Wildman–Crippen LogP) is 1.31. The molecule has 0 bridgehead atoms. The molecule has 0 spiro atoms. The molecular weight excluding hydrogens is 659 g/mol. The maximum atomic E-state index is 10.7. The molecule has 39 heavy (non-hydrogen) atoms. The predicted molar refractivity (Wildman–Crippen MR) is 127 cm³/mol. The molecule has 0 aliphatic carbocycles. The van der Waals surface area contributed by atoms with Crippen LogP contribution >= 0.6 is 0 Å². The zero-order chi connectivity index (χ0) is 30.3. The van der Waals surface area contributed by atoms with E-state index in [1.165, 1.54) is 0 Å². The summed E-state index contributed by atoms with van der Waals surface area (Å²) in [6.07, 6.45) is 0. The Labute approximate surface area is 255 Å². The van der Waals surface area contributed by atoms with Crippen molar-refractivity contribution in [1.82, 2.24) is 0 Å². The fraction of sp³-hybridized carbons (Fsp3) is 1.00. The minimum atomic E-state index is -6.09. The van der Waals surface area contributed by atoms with E-state index >= 15 is 0 Å². The zero-order valence-corrected chi connectivity index (χ0v) is 27.6. The summed E-state index contributed by atoms with van der Waals surface area (Å²) in [5.41, 5.74) is -11.3. The van der Waals surface area contributed by atoms with Gasteiger partial charge in [-0.25, -0.2) is 16.8 Å². The van der Waals surface area contributed by atoms with Crippen LogP contribution in [0.3, 0.4) is 0 Å². The molecule has 0 amide bonds. The van der Waals surface area contributed by atoms with Gasteiger partial charge in [0.15, 0.2) is 20.2 Å². The van der Waals surface area contributed by atoms with E-state index in [1.807, 2.05) is 0 Å². The molecule has 0 aromatic rings. The van der Waals surface area contributed by atoms with Gasteiger partial charge in [0.05, 0.1) is 66.1 Å². The molecule has 0 atom stereocenters. The fourth-order valence-electron chi connectivity index (χ4n) is 1.82. The third kappa shape index (κ3) is 22.1. The van der Waals surface area contributed by atoms with E-state index < -0.39 is 46.9 Å². The first-order valence-corrected chi connectivity index (χ1v) is 20.2. The van der Waals surface area contributed by atoms with Gasteiger partial charge in [-0.3, -0.25) is 0 Å². The van der Waals surface area contributed by atoms with Crippen LogP contribution in [0.4, 0.5) is 26.3 Å². The number of halogens is 6. The molecule has 0 N–H and O–H groups in total. The third-order valence-corrected chi connectivity index (χ3v) is 20.0. The Morgan fingerprint density at radius 3 is 0.821 bits per heavy atom. The molecule has 0 saturated carbocycles. The number of rotatable bonds is 0. The zero-order valence-electron chi connectivity index (χ0n) is 21.8. The quantitative estimate of drug-likeness (QED) is 0.155. The normalized spacial score (nSPS) is 20.8. The van der Waals surface area contributed by atoms with Crippen molar-refractivity contribution in [3.63, 3.8) is 0 Å². The van der Waals surface area contributed by atoms with Gasteiger partial charge in [-0.1, -0.05) is 0 Å². The van der Waals surface area contributed by atoms with E-state index in [9.17, 15) is 26.3 Å². The first-order chi connectivity index (χ1) is 17.0. The van der Waals surface area contributed by atoms with Gasteiger partial charge in [0.1, 0.15) is 0 Å². The summed E-state index contributed by atoms with van der Waals surface area (Å²) in [5.74, 6) is 0. The Balaban J connectivity index is -0.000000628. The molecule has 1 saturated heterocycles. The molecule has 0 aromatic carbocycles. The number of alkyl halides is 6. The first kappa shape index (κ1) is 44.3. The largest absolute Gasteiger partial charge is 2.00 e. The van der Waals surface area contributed by atoms with Gasteiger partial charge in [-0.2, -0.15) is 26.3 Å². The number of ether oxygens (including phenoxy) is 4. The van der Waals surface area contributed by atoms with E-state index in [1.54, 1.807) is 0 Å². The molecule has 1 heterocycles. The van der Waals surface area contributed by atoms with Gasteiger partial charge >= 0.3 is 48.8 Å². The van der Waals surface area contributed by atoms with Crippen molar-refractivity contribution in [3.8, 4) is 0 Å². The van der Waals surface area contributed by atoms with Crippen LogP contribution in [0.1, 0.15) is 0 Å². The molecule has 1 fully saturated rings. The second-order valence-electron chi connectivity index (χ2n) is 7.97. The van der Waals surface area contributed by atoms with Crippen LogP contribution in [0.25, 0.3) is 0 Å². The van der Waals surface area contributed by atoms with Gasteiger partial charge < -0.3 is 36.9 Å². The average Bonchev–Trinajstić information content (AvgIpc) is 2.70. The van der Waals surface area contributed by atoms with E-state index in [2.05, 4.69) is 26.2 Å². The summed E-state index contributed by atoms with van der Waals surface area (Å²) >= 11 is 0. The molecule has 1 aliphatic rings. The number of hydrogen-bond donors (Lipinski definition) is 0. The Bertz CT molecular complexity index is 789. The summed E-state index contributed by atoms with van der Waals surface area (Å²) in [6.45, 7) is 14.9. The van der Waals surface area contributed by atoms with Gasteiger partial charge in [0.2, 0.25) is 15.7 Å². The third-order valence-electron chi connectivity index (χ3n) is 4.51. The summed E-state index contributed by atoms with van der Waals surface area (Å²) in [4.78, 5) is 0. The summed E-state index contributed by atoms with van der Waals surface area (Å²) in [5, 5.41) is 0. The van der Waals surface area contributed by atoms with Crippen LogP contribution in [0.5, 0.6) is 0 Å². The minimum Gasteiger partial charge on any atom is -0.741 e. The van der Waals surface area contributed by atoms with Crippen LogP contribution in [-0.2, 0) is 48.0 Å². The fourth-order valence-corrected chi connectivity index (χ4v) is 6.40. The number of hydrogen-bond acceptors (Lipinski definition) is 12. The molecule has 0 radical (unpaired) electrons. The molecule has 12 nitrogen and oxygen atoms in total. The maximum absolute atomic E-state index is 10.7. The Hall–Kier alpha value is 0.854. The molecule has 23 heteroatoms. The van der Waals surface area contributed by atoms with Crippen molar-refractivity contribution in [1.29, 1.82) is 0 Å². The summed E-state index contributed by atoms with van der Waals surface area (Å²) in [7, 11) is -15.9. The Morgan fingerprint density at radius 1 is 0.513 bits per heavy atom. The average molecular weight is 691 g/mol. The van der Waals surface area contributed by atoms with Crippen LogP contribution in [-0.4, -0.2) is 156 Å². The van der Waals surface area contributed by atoms with Crippen molar-refractivity contribution in [2.24, 2.45) is 0 Å². The first-order valence-electron chi connectivity index (χ1n) is 10.6. The standard InChI is InChI=1S/C14H32O6Si2.2CHF3O3S.Ca/c1-21(2)19-13-11-17-9-7-15-5-6-16-8-10-18-12-14-20-22(21,3)4;2*2-1(3,4)8(5,6)7;/h5-14H2,1-4H3;2*(H,5,6,7);/q;;;+2/p-2. The van der Waals surface area contributed by atoms with Crippen LogP contribution in [0, 0.1) is 0 Å². The molecule has 1 rings (SSSR count). The molecule has 232 valence electrons. The van der Waals surface area contributed by atoms with Crippen molar-refractivity contribution in [2.45, 2.75) is 37.2 Å². The van der Waals surface area contributed by atoms with E-state index in [0.29, 0.717) is 66.1 Å². The second-order valence-corrected chi connectivity index (χ2v) is 24.6. The summed E-state index contributed by atoms with van der Waals surface area (Å²) in [6, 6.07) is 0. The van der Waals surface area contributed by atoms with Gasteiger partial charge in [0.25, 0.3) is 0 Å². The SMILES string of the molecule is C[Si]1(C)OCCOCCOCCOCCOCCO[Si]1(C)C.O=S(=O)([O-])C(F)(F)F.O=S(=O)([O-])C(F)(F)F.[Ca+2]. The van der Waals surface area contributed by atoms with Crippen molar-refractivity contribution in [3.05, 3.63) is 0 Å². The molecule has 0 aromatic heterocycles. The van der Waals surface area contributed by atoms with Crippen LogP contribution in [0.15, 0.2) is 0 Å². The smallest absolute Gasteiger partial charge is 0.741 e. The van der Waals surface area contributed by atoms with Crippen LogP contribution < -0.4 is 0 Å². The van der Waals surface area contributed by atoms with Gasteiger partial charge in [-0.05, 0) is 26.2 Å². The Morgan fingerprint density at radius 2 is 0.667 bits per heavy atom. The van der Waals surface area contributed by atoms with Crippen molar-refractivity contribution in [2.75, 3.05) is 66.1 Å². The molecular formula is C16H32CaF6O12S2Si2.